The fourth-order valence-corrected chi connectivity index (χ4v) is 1.34. The minimum Gasteiger partial charge on any atom is -0.306 e. The van der Waals surface area contributed by atoms with E-state index in [9.17, 15) is 17.4 Å². The number of alkyl halides is 3. The standard InChI is InChI=1S/C6H4ClF3N2O2S/c7-4-1-3(6(8,9)10)11-5(12-4)2-15(13)14/h1H,2H2,(H,13,14). The Morgan fingerprint density at radius 1 is 1.47 bits per heavy atom. The molecule has 0 aliphatic heterocycles. The first kappa shape index (κ1) is 12.3. The second-order valence-corrected chi connectivity index (χ2v) is 3.77. The van der Waals surface area contributed by atoms with Crippen LogP contribution in [0.5, 0.6) is 0 Å². The summed E-state index contributed by atoms with van der Waals surface area (Å²) in [4.78, 5) is 6.46. The Labute approximate surface area is 89.8 Å². The largest absolute Gasteiger partial charge is 0.433 e. The lowest BCUT2D eigenvalue weighted by Crippen LogP contribution is -2.11. The first-order chi connectivity index (χ1) is 6.79. The van der Waals surface area contributed by atoms with Crippen molar-refractivity contribution in [3.63, 3.8) is 0 Å². The molecule has 0 saturated heterocycles. The van der Waals surface area contributed by atoms with Gasteiger partial charge in [0.1, 0.15) is 22.4 Å². The summed E-state index contributed by atoms with van der Waals surface area (Å²) in [5.41, 5.74) is -1.23. The maximum atomic E-state index is 12.2. The smallest absolute Gasteiger partial charge is 0.306 e. The van der Waals surface area contributed by atoms with Crippen LogP contribution in [0.25, 0.3) is 0 Å². The van der Waals surface area contributed by atoms with E-state index < -0.39 is 39.7 Å². The first-order valence-electron chi connectivity index (χ1n) is 3.47. The Bertz CT molecular complexity index is 398. The van der Waals surface area contributed by atoms with Crippen LogP contribution in [0.4, 0.5) is 13.2 Å². The van der Waals surface area contributed by atoms with Crippen molar-refractivity contribution in [2.75, 3.05) is 0 Å². The van der Waals surface area contributed by atoms with Gasteiger partial charge in [-0.25, -0.2) is 14.2 Å². The summed E-state index contributed by atoms with van der Waals surface area (Å²) in [7, 11) is 0. The molecular formula is C6H4ClF3N2O2S. The van der Waals surface area contributed by atoms with Crippen LogP contribution in [0.1, 0.15) is 11.5 Å². The van der Waals surface area contributed by atoms with Gasteiger partial charge in [-0.15, -0.1) is 0 Å². The van der Waals surface area contributed by atoms with Crippen molar-refractivity contribution in [1.82, 2.24) is 9.97 Å². The van der Waals surface area contributed by atoms with Gasteiger partial charge in [-0.2, -0.15) is 13.2 Å². The van der Waals surface area contributed by atoms with E-state index in [2.05, 4.69) is 9.97 Å². The zero-order chi connectivity index (χ0) is 11.6. The molecule has 15 heavy (non-hydrogen) atoms. The fourth-order valence-electron chi connectivity index (χ4n) is 0.785. The zero-order valence-corrected chi connectivity index (χ0v) is 8.53. The van der Waals surface area contributed by atoms with Gasteiger partial charge in [0.2, 0.25) is 0 Å². The Morgan fingerprint density at radius 3 is 2.53 bits per heavy atom. The minimum atomic E-state index is -4.65. The number of halogens is 4. The third kappa shape index (κ3) is 3.73. The second kappa shape index (κ2) is 4.42. The molecule has 0 saturated carbocycles. The van der Waals surface area contributed by atoms with Crippen LogP contribution < -0.4 is 0 Å². The summed E-state index contributed by atoms with van der Waals surface area (Å²) in [5, 5.41) is -0.419. The molecule has 1 aromatic rings. The SMILES string of the molecule is O=S(O)Cc1nc(Cl)cc(C(F)(F)F)n1. The molecule has 0 fully saturated rings. The highest BCUT2D eigenvalue weighted by Gasteiger charge is 2.33. The molecule has 0 amide bonds. The van der Waals surface area contributed by atoms with Gasteiger partial charge >= 0.3 is 6.18 Å². The first-order valence-corrected chi connectivity index (χ1v) is 5.12. The van der Waals surface area contributed by atoms with E-state index in [1.165, 1.54) is 0 Å². The third-order valence-corrected chi connectivity index (χ3v) is 1.98. The molecule has 1 unspecified atom stereocenters. The van der Waals surface area contributed by atoms with Gasteiger partial charge in [0.25, 0.3) is 0 Å². The molecule has 1 N–H and O–H groups in total. The molecule has 1 atom stereocenters. The highest BCUT2D eigenvalue weighted by atomic mass is 35.5. The Kier molecular flexibility index (Phi) is 3.63. The second-order valence-electron chi connectivity index (χ2n) is 2.46. The van der Waals surface area contributed by atoms with E-state index in [1.54, 1.807) is 0 Å². The molecule has 4 nitrogen and oxygen atoms in total. The molecule has 0 bridgehead atoms. The molecule has 1 rings (SSSR count). The normalized spacial score (nSPS) is 13.9. The van der Waals surface area contributed by atoms with E-state index in [-0.39, 0.29) is 0 Å². The fraction of sp³-hybridized carbons (Fsp3) is 0.333. The Balaban J connectivity index is 3.11. The van der Waals surface area contributed by atoms with Crippen molar-refractivity contribution in [3.8, 4) is 0 Å². The van der Waals surface area contributed by atoms with Crippen LogP contribution in [0.2, 0.25) is 5.15 Å². The highest BCUT2D eigenvalue weighted by molar-refractivity contribution is 7.78. The van der Waals surface area contributed by atoms with Gasteiger partial charge in [0.15, 0.2) is 11.1 Å². The predicted molar refractivity (Wildman–Crippen MR) is 46.5 cm³/mol. The summed E-state index contributed by atoms with van der Waals surface area (Å²) in [6, 6.07) is 0.547. The van der Waals surface area contributed by atoms with Crippen molar-refractivity contribution in [1.29, 1.82) is 0 Å². The monoisotopic (exact) mass is 260 g/mol. The molecule has 1 aromatic heterocycles. The van der Waals surface area contributed by atoms with Crippen LogP contribution in [-0.2, 0) is 23.0 Å². The van der Waals surface area contributed by atoms with E-state index >= 15 is 0 Å². The summed E-state index contributed by atoms with van der Waals surface area (Å²) < 4.78 is 55.4. The average molecular weight is 261 g/mol. The van der Waals surface area contributed by atoms with Crippen LogP contribution in [0, 0.1) is 0 Å². The maximum absolute atomic E-state index is 12.2. The Hall–Kier alpha value is -0.730. The molecular weight excluding hydrogens is 257 g/mol. The van der Waals surface area contributed by atoms with Gasteiger partial charge < -0.3 is 4.55 Å². The van der Waals surface area contributed by atoms with Crippen molar-refractivity contribution in [2.45, 2.75) is 11.9 Å². The molecule has 0 aliphatic carbocycles. The maximum Gasteiger partial charge on any atom is 0.433 e. The summed E-state index contributed by atoms with van der Waals surface area (Å²) in [6.07, 6.45) is -4.65. The zero-order valence-electron chi connectivity index (χ0n) is 6.95. The minimum absolute atomic E-state index is 0.419. The molecule has 9 heteroatoms. The number of aromatic nitrogens is 2. The third-order valence-electron chi connectivity index (χ3n) is 1.28. The topological polar surface area (TPSA) is 63.1 Å². The summed E-state index contributed by atoms with van der Waals surface area (Å²) >= 11 is 3.00. The molecule has 1 heterocycles. The number of nitrogens with zero attached hydrogens (tertiary/aromatic N) is 2. The van der Waals surface area contributed by atoms with Gasteiger partial charge in [-0.05, 0) is 0 Å². The van der Waals surface area contributed by atoms with E-state index in [0.717, 1.165) is 0 Å². The van der Waals surface area contributed by atoms with Crippen molar-refractivity contribution in [3.05, 3.63) is 22.7 Å². The summed E-state index contributed by atoms with van der Waals surface area (Å²) in [6.45, 7) is 0. The van der Waals surface area contributed by atoms with Crippen molar-refractivity contribution >= 4 is 22.7 Å². The van der Waals surface area contributed by atoms with Crippen molar-refractivity contribution in [2.24, 2.45) is 0 Å². The van der Waals surface area contributed by atoms with Crippen LogP contribution in [-0.4, -0.2) is 18.7 Å². The number of rotatable bonds is 2. The van der Waals surface area contributed by atoms with E-state index in [0.29, 0.717) is 6.07 Å². The highest BCUT2D eigenvalue weighted by Crippen LogP contribution is 2.28. The molecule has 84 valence electrons. The van der Waals surface area contributed by atoms with E-state index in [1.807, 2.05) is 0 Å². The van der Waals surface area contributed by atoms with Gasteiger partial charge in [0.05, 0.1) is 0 Å². The van der Waals surface area contributed by atoms with E-state index in [4.69, 9.17) is 16.2 Å². The molecule has 0 spiro atoms. The molecule has 0 radical (unpaired) electrons. The lowest BCUT2D eigenvalue weighted by atomic mass is 10.4. The van der Waals surface area contributed by atoms with Crippen LogP contribution in [0.3, 0.4) is 0 Å². The predicted octanol–water partition coefficient (Wildman–Crippen LogP) is 1.87. The average Bonchev–Trinajstić information content (AvgIpc) is 1.99. The summed E-state index contributed by atoms with van der Waals surface area (Å²) in [5.74, 6) is -1.01. The molecule has 0 aromatic carbocycles. The molecule has 0 aliphatic rings. The Morgan fingerprint density at radius 2 is 2.07 bits per heavy atom. The quantitative estimate of drug-likeness (QED) is 0.651. The lowest BCUT2D eigenvalue weighted by Gasteiger charge is -2.06. The van der Waals surface area contributed by atoms with Gasteiger partial charge in [-0.3, -0.25) is 0 Å². The lowest BCUT2D eigenvalue weighted by molar-refractivity contribution is -0.141. The van der Waals surface area contributed by atoms with Gasteiger partial charge in [0, 0.05) is 6.07 Å². The van der Waals surface area contributed by atoms with Gasteiger partial charge in [-0.1, -0.05) is 11.6 Å². The van der Waals surface area contributed by atoms with Crippen LogP contribution in [0.15, 0.2) is 6.07 Å². The number of hydrogen-bond acceptors (Lipinski definition) is 3. The van der Waals surface area contributed by atoms with Crippen molar-refractivity contribution < 1.29 is 21.9 Å². The number of hydrogen-bond donors (Lipinski definition) is 1. The van der Waals surface area contributed by atoms with Crippen LogP contribution >= 0.6 is 11.6 Å².